The van der Waals surface area contributed by atoms with Crippen LogP contribution >= 0.6 is 0 Å². The van der Waals surface area contributed by atoms with E-state index in [2.05, 4.69) is 22.6 Å². The fourth-order valence-corrected chi connectivity index (χ4v) is 2.50. The number of carboxylic acid groups (broad SMARTS) is 1. The predicted octanol–water partition coefficient (Wildman–Crippen LogP) is 1.04. The summed E-state index contributed by atoms with van der Waals surface area (Å²) >= 11 is 0. The number of hydrogen-bond acceptors (Lipinski definition) is 4. The Labute approximate surface area is 123 Å². The van der Waals surface area contributed by atoms with Gasteiger partial charge in [-0.3, -0.25) is 0 Å². The number of hydrogen-bond donors (Lipinski definition) is 3. The van der Waals surface area contributed by atoms with E-state index in [-0.39, 0.29) is 18.1 Å². The Morgan fingerprint density at radius 3 is 2.81 bits per heavy atom. The van der Waals surface area contributed by atoms with Crippen molar-refractivity contribution >= 4 is 12.0 Å². The fraction of sp³-hybridized carbons (Fsp3) is 0.571. The number of nitrogens with zero attached hydrogens (tertiary/aromatic N) is 1. The van der Waals surface area contributed by atoms with Gasteiger partial charge in [0, 0.05) is 13.1 Å². The predicted molar refractivity (Wildman–Crippen MR) is 76.2 cm³/mol. The molecule has 2 rings (SSSR count). The number of nitrogens with one attached hydrogen (secondary N) is 2. The van der Waals surface area contributed by atoms with E-state index < -0.39 is 5.97 Å². The van der Waals surface area contributed by atoms with Gasteiger partial charge in [-0.25, -0.2) is 9.59 Å². The number of amides is 2. The first-order valence-electron chi connectivity index (χ1n) is 6.98. The van der Waals surface area contributed by atoms with Crippen LogP contribution < -0.4 is 10.6 Å². The molecule has 7 nitrogen and oxygen atoms in total. The highest BCUT2D eigenvalue weighted by Crippen LogP contribution is 2.14. The molecule has 1 aliphatic heterocycles. The number of aryl methyl sites for hydroxylation is 1. The quantitative estimate of drug-likeness (QED) is 0.754. The number of carboxylic acids is 1. The molecule has 0 bridgehead atoms. The van der Waals surface area contributed by atoms with Gasteiger partial charge in [-0.2, -0.15) is 0 Å². The summed E-state index contributed by atoms with van der Waals surface area (Å²) in [5.41, 5.74) is 0.126. The van der Waals surface area contributed by atoms with Crippen molar-refractivity contribution in [1.29, 1.82) is 0 Å². The molecule has 21 heavy (non-hydrogen) atoms. The smallest absolute Gasteiger partial charge is 0.339 e. The van der Waals surface area contributed by atoms with Crippen molar-refractivity contribution in [3.05, 3.63) is 23.2 Å². The van der Waals surface area contributed by atoms with E-state index in [0.717, 1.165) is 19.5 Å². The van der Waals surface area contributed by atoms with Gasteiger partial charge in [0.05, 0.1) is 6.54 Å². The molecular weight excluding hydrogens is 274 g/mol. The molecule has 0 aromatic carbocycles. The standard InChI is InChI=1S/C14H21N3O4/c1-9-12(13(18)19)5-11(21-9)7-16-14(20)15-6-10-3-4-17(2)8-10/h5,10H,3-4,6-8H2,1-2H3,(H,18,19)(H2,15,16,20). The number of carbonyl (C=O) groups is 2. The molecule has 1 aromatic rings. The molecule has 1 aliphatic rings. The number of rotatable bonds is 5. The summed E-state index contributed by atoms with van der Waals surface area (Å²) in [5, 5.41) is 14.4. The van der Waals surface area contributed by atoms with Crippen LogP contribution in [0.3, 0.4) is 0 Å². The molecule has 0 aliphatic carbocycles. The lowest BCUT2D eigenvalue weighted by Gasteiger charge is -2.12. The average Bonchev–Trinajstić information content (AvgIpc) is 3.00. The van der Waals surface area contributed by atoms with Crippen molar-refractivity contribution in [3.63, 3.8) is 0 Å². The van der Waals surface area contributed by atoms with Crippen LogP contribution in [0.25, 0.3) is 0 Å². The summed E-state index contributed by atoms with van der Waals surface area (Å²) in [6.07, 6.45) is 1.09. The van der Waals surface area contributed by atoms with E-state index in [4.69, 9.17) is 9.52 Å². The van der Waals surface area contributed by atoms with Crippen molar-refractivity contribution in [2.45, 2.75) is 19.9 Å². The first kappa shape index (κ1) is 15.4. The van der Waals surface area contributed by atoms with Gasteiger partial charge in [0.25, 0.3) is 0 Å². The van der Waals surface area contributed by atoms with E-state index in [1.54, 1.807) is 6.92 Å². The lowest BCUT2D eigenvalue weighted by Crippen LogP contribution is -2.38. The molecule has 1 atom stereocenters. The van der Waals surface area contributed by atoms with Gasteiger partial charge in [0.15, 0.2) is 0 Å². The van der Waals surface area contributed by atoms with Gasteiger partial charge in [-0.15, -0.1) is 0 Å². The maximum Gasteiger partial charge on any atom is 0.339 e. The molecule has 1 saturated heterocycles. The Hall–Kier alpha value is -2.02. The molecule has 3 N–H and O–H groups in total. The third-order valence-electron chi connectivity index (χ3n) is 3.66. The average molecular weight is 295 g/mol. The Kier molecular flexibility index (Phi) is 4.85. The van der Waals surface area contributed by atoms with Crippen LogP contribution in [-0.2, 0) is 6.54 Å². The number of aromatic carboxylic acids is 1. The van der Waals surface area contributed by atoms with Crippen LogP contribution in [0.1, 0.15) is 28.3 Å². The minimum Gasteiger partial charge on any atom is -0.478 e. The topological polar surface area (TPSA) is 94.8 Å². The highest BCUT2D eigenvalue weighted by molar-refractivity contribution is 5.88. The Balaban J connectivity index is 1.73. The van der Waals surface area contributed by atoms with Crippen molar-refractivity contribution in [2.75, 3.05) is 26.7 Å². The first-order chi connectivity index (χ1) is 9.95. The van der Waals surface area contributed by atoms with E-state index >= 15 is 0 Å². The number of urea groups is 1. The molecule has 1 aromatic heterocycles. The molecule has 0 radical (unpaired) electrons. The largest absolute Gasteiger partial charge is 0.478 e. The maximum atomic E-state index is 11.7. The van der Waals surface area contributed by atoms with Crippen LogP contribution in [0.2, 0.25) is 0 Å². The molecule has 0 saturated carbocycles. The summed E-state index contributed by atoms with van der Waals surface area (Å²) < 4.78 is 5.29. The van der Waals surface area contributed by atoms with Crippen LogP contribution in [0.15, 0.2) is 10.5 Å². The van der Waals surface area contributed by atoms with Crippen molar-refractivity contribution in [3.8, 4) is 0 Å². The highest BCUT2D eigenvalue weighted by Gasteiger charge is 2.20. The highest BCUT2D eigenvalue weighted by atomic mass is 16.4. The Morgan fingerprint density at radius 1 is 1.48 bits per heavy atom. The van der Waals surface area contributed by atoms with Crippen LogP contribution in [0, 0.1) is 12.8 Å². The monoisotopic (exact) mass is 295 g/mol. The van der Waals surface area contributed by atoms with Gasteiger partial charge in [0.1, 0.15) is 17.1 Å². The van der Waals surface area contributed by atoms with Gasteiger partial charge in [-0.05, 0) is 38.9 Å². The second kappa shape index (κ2) is 6.62. The van der Waals surface area contributed by atoms with E-state index in [1.807, 2.05) is 0 Å². The Morgan fingerprint density at radius 2 is 2.24 bits per heavy atom. The fourth-order valence-electron chi connectivity index (χ4n) is 2.50. The van der Waals surface area contributed by atoms with E-state index in [0.29, 0.717) is 24.0 Å². The second-order valence-corrected chi connectivity index (χ2v) is 5.47. The van der Waals surface area contributed by atoms with Gasteiger partial charge >= 0.3 is 12.0 Å². The molecule has 1 fully saturated rings. The van der Waals surface area contributed by atoms with Crippen molar-refractivity contribution in [2.24, 2.45) is 5.92 Å². The molecule has 0 spiro atoms. The number of furan rings is 1. The third-order valence-corrected chi connectivity index (χ3v) is 3.66. The van der Waals surface area contributed by atoms with E-state index in [1.165, 1.54) is 6.07 Å². The van der Waals surface area contributed by atoms with Crippen molar-refractivity contribution < 1.29 is 19.1 Å². The second-order valence-electron chi connectivity index (χ2n) is 5.47. The SMILES string of the molecule is Cc1oc(CNC(=O)NCC2CCN(C)C2)cc1C(=O)O. The lowest BCUT2D eigenvalue weighted by molar-refractivity contribution is 0.0695. The van der Waals surface area contributed by atoms with Gasteiger partial charge < -0.3 is 25.1 Å². The number of carbonyl (C=O) groups excluding carboxylic acids is 1. The minimum absolute atomic E-state index is 0.126. The molecule has 116 valence electrons. The summed E-state index contributed by atoms with van der Waals surface area (Å²) in [7, 11) is 2.07. The molecule has 2 heterocycles. The normalized spacial score (nSPS) is 18.7. The Bertz CT molecular complexity index is 526. The van der Waals surface area contributed by atoms with Gasteiger partial charge in [-0.1, -0.05) is 0 Å². The summed E-state index contributed by atoms with van der Waals surface area (Å²) in [5.74, 6) is 0.233. The third kappa shape index (κ3) is 4.22. The lowest BCUT2D eigenvalue weighted by atomic mass is 10.1. The minimum atomic E-state index is -1.03. The molecule has 1 unspecified atom stereocenters. The molecule has 7 heteroatoms. The van der Waals surface area contributed by atoms with Crippen LogP contribution in [0.4, 0.5) is 4.79 Å². The zero-order valence-electron chi connectivity index (χ0n) is 12.3. The zero-order valence-corrected chi connectivity index (χ0v) is 12.3. The maximum absolute atomic E-state index is 11.7. The summed E-state index contributed by atoms with van der Waals surface area (Å²) in [4.78, 5) is 24.8. The number of likely N-dealkylation sites (tertiary alicyclic amines) is 1. The first-order valence-corrected chi connectivity index (χ1v) is 6.98. The molecular formula is C14H21N3O4. The van der Waals surface area contributed by atoms with E-state index in [9.17, 15) is 9.59 Å². The molecule has 2 amide bonds. The summed E-state index contributed by atoms with van der Waals surface area (Å²) in [6, 6.07) is 1.17. The zero-order chi connectivity index (χ0) is 15.4. The van der Waals surface area contributed by atoms with Crippen LogP contribution in [-0.4, -0.2) is 48.7 Å². The van der Waals surface area contributed by atoms with Crippen LogP contribution in [0.5, 0.6) is 0 Å². The summed E-state index contributed by atoms with van der Waals surface area (Å²) in [6.45, 7) is 4.47. The van der Waals surface area contributed by atoms with Crippen molar-refractivity contribution in [1.82, 2.24) is 15.5 Å². The van der Waals surface area contributed by atoms with Gasteiger partial charge in [0.2, 0.25) is 0 Å².